The molecule has 0 spiro atoms. The molecule has 1 N–H and O–H groups in total. The first-order valence-electron chi connectivity index (χ1n) is 9.96. The third kappa shape index (κ3) is 3.61. The normalized spacial score (nSPS) is 27.8. The lowest BCUT2D eigenvalue weighted by atomic mass is 9.93. The maximum atomic E-state index is 13.0. The topological polar surface area (TPSA) is 35.6 Å². The van der Waals surface area contributed by atoms with E-state index in [-0.39, 0.29) is 11.3 Å². The molecule has 4 nitrogen and oxygen atoms in total. The Balaban J connectivity index is 1.35. The molecule has 3 aliphatic rings. The number of hydrogen-bond donors (Lipinski definition) is 1. The molecule has 136 valence electrons. The zero-order valence-electron chi connectivity index (χ0n) is 15.4. The summed E-state index contributed by atoms with van der Waals surface area (Å²) in [5, 5.41) is 3.41. The molecular weight excluding hydrogens is 310 g/mol. The Morgan fingerprint density at radius 2 is 1.80 bits per heavy atom. The van der Waals surface area contributed by atoms with E-state index in [2.05, 4.69) is 34.3 Å². The molecule has 1 atom stereocenters. The lowest BCUT2D eigenvalue weighted by molar-refractivity contribution is -0.124. The quantitative estimate of drug-likeness (QED) is 0.913. The Labute approximate surface area is 151 Å². The minimum Gasteiger partial charge on any atom is -0.351 e. The molecule has 25 heavy (non-hydrogen) atoms. The summed E-state index contributed by atoms with van der Waals surface area (Å²) < 4.78 is 0. The summed E-state index contributed by atoms with van der Waals surface area (Å²) in [5.74, 6) is 0.258. The number of hydrogen-bond acceptors (Lipinski definition) is 3. The van der Waals surface area contributed by atoms with E-state index in [0.29, 0.717) is 12.1 Å². The van der Waals surface area contributed by atoms with E-state index < -0.39 is 0 Å². The number of carbonyl (C=O) groups excluding carboxylic acids is 1. The van der Waals surface area contributed by atoms with Crippen LogP contribution >= 0.6 is 0 Å². The predicted molar refractivity (Wildman–Crippen MR) is 101 cm³/mol. The van der Waals surface area contributed by atoms with Gasteiger partial charge in [-0.15, -0.1) is 0 Å². The molecule has 2 aliphatic heterocycles. The molecule has 2 saturated heterocycles. The second kappa shape index (κ2) is 7.08. The average Bonchev–Trinajstić information content (AvgIpc) is 3.45. The van der Waals surface area contributed by atoms with Crippen LogP contribution in [0.1, 0.15) is 44.1 Å². The number of rotatable bonds is 4. The molecule has 1 unspecified atom stereocenters. The van der Waals surface area contributed by atoms with Crippen molar-refractivity contribution in [2.45, 2.75) is 56.0 Å². The van der Waals surface area contributed by atoms with Crippen LogP contribution in [0.2, 0.25) is 0 Å². The highest BCUT2D eigenvalue weighted by molar-refractivity contribution is 5.91. The molecule has 1 aromatic rings. The highest BCUT2D eigenvalue weighted by Crippen LogP contribution is 2.48. The van der Waals surface area contributed by atoms with Crippen molar-refractivity contribution in [1.82, 2.24) is 15.1 Å². The van der Waals surface area contributed by atoms with Gasteiger partial charge in [-0.2, -0.15) is 0 Å². The highest BCUT2D eigenvalue weighted by Gasteiger charge is 2.51. The van der Waals surface area contributed by atoms with Crippen LogP contribution in [0, 0.1) is 0 Å². The molecule has 4 heteroatoms. The number of likely N-dealkylation sites (tertiary alicyclic amines) is 2. The predicted octanol–water partition coefficient (Wildman–Crippen LogP) is 2.39. The summed E-state index contributed by atoms with van der Waals surface area (Å²) in [6.07, 6.45) is 6.86. The van der Waals surface area contributed by atoms with E-state index >= 15 is 0 Å². The van der Waals surface area contributed by atoms with Gasteiger partial charge in [0.15, 0.2) is 0 Å². The van der Waals surface area contributed by atoms with Gasteiger partial charge in [0, 0.05) is 18.6 Å². The SMILES string of the molecule is CN1CCC(N2CCCC(NC(=O)C3(c4ccccc4)CC3)C2)CC1. The Hall–Kier alpha value is -1.39. The van der Waals surface area contributed by atoms with Crippen molar-refractivity contribution in [3.8, 4) is 0 Å². The van der Waals surface area contributed by atoms with Gasteiger partial charge >= 0.3 is 0 Å². The first-order valence-corrected chi connectivity index (χ1v) is 9.96. The molecule has 1 amide bonds. The zero-order chi connectivity index (χ0) is 17.3. The number of amides is 1. The first kappa shape index (κ1) is 17.0. The van der Waals surface area contributed by atoms with Crippen LogP contribution in [-0.4, -0.2) is 61.0 Å². The summed E-state index contributed by atoms with van der Waals surface area (Å²) in [6, 6.07) is 11.4. The van der Waals surface area contributed by atoms with E-state index in [9.17, 15) is 4.79 Å². The third-order valence-electron chi connectivity index (χ3n) is 6.50. The smallest absolute Gasteiger partial charge is 0.230 e. The average molecular weight is 341 g/mol. The summed E-state index contributed by atoms with van der Waals surface area (Å²) in [4.78, 5) is 18.1. The minimum absolute atomic E-state index is 0.239. The molecular formula is C21H31N3O. The maximum Gasteiger partial charge on any atom is 0.230 e. The van der Waals surface area contributed by atoms with Gasteiger partial charge in [-0.05, 0) is 70.8 Å². The van der Waals surface area contributed by atoms with Gasteiger partial charge in [0.2, 0.25) is 5.91 Å². The van der Waals surface area contributed by atoms with Crippen LogP contribution in [0.15, 0.2) is 30.3 Å². The summed E-state index contributed by atoms with van der Waals surface area (Å²) in [7, 11) is 2.22. The van der Waals surface area contributed by atoms with Gasteiger partial charge in [-0.3, -0.25) is 9.69 Å². The number of nitrogens with zero attached hydrogens (tertiary/aromatic N) is 2. The maximum absolute atomic E-state index is 13.0. The molecule has 3 fully saturated rings. The lowest BCUT2D eigenvalue weighted by Crippen LogP contribution is -2.54. The van der Waals surface area contributed by atoms with Gasteiger partial charge in [-0.1, -0.05) is 30.3 Å². The molecule has 0 aromatic heterocycles. The van der Waals surface area contributed by atoms with Crippen LogP contribution in [0.4, 0.5) is 0 Å². The molecule has 4 rings (SSSR count). The van der Waals surface area contributed by atoms with Gasteiger partial charge in [-0.25, -0.2) is 0 Å². The Bertz CT molecular complexity index is 590. The highest BCUT2D eigenvalue weighted by atomic mass is 16.2. The van der Waals surface area contributed by atoms with Crippen molar-refractivity contribution in [3.63, 3.8) is 0 Å². The Morgan fingerprint density at radius 1 is 1.08 bits per heavy atom. The molecule has 1 aromatic carbocycles. The largest absolute Gasteiger partial charge is 0.351 e. The van der Waals surface area contributed by atoms with Crippen LogP contribution in [0.3, 0.4) is 0 Å². The van der Waals surface area contributed by atoms with Crippen molar-refractivity contribution in [3.05, 3.63) is 35.9 Å². The molecule has 0 radical (unpaired) electrons. The number of piperidine rings is 2. The van der Waals surface area contributed by atoms with Gasteiger partial charge < -0.3 is 10.2 Å². The summed E-state index contributed by atoms with van der Waals surface area (Å²) in [6.45, 7) is 4.64. The van der Waals surface area contributed by atoms with E-state index in [4.69, 9.17) is 0 Å². The van der Waals surface area contributed by atoms with Crippen LogP contribution in [0.5, 0.6) is 0 Å². The number of carbonyl (C=O) groups is 1. The van der Waals surface area contributed by atoms with E-state index in [1.807, 2.05) is 18.2 Å². The van der Waals surface area contributed by atoms with Gasteiger partial charge in [0.1, 0.15) is 0 Å². The molecule has 2 heterocycles. The van der Waals surface area contributed by atoms with Crippen molar-refractivity contribution in [2.24, 2.45) is 0 Å². The third-order valence-corrected chi connectivity index (χ3v) is 6.50. The monoisotopic (exact) mass is 341 g/mol. The first-order chi connectivity index (χ1) is 12.2. The summed E-state index contributed by atoms with van der Waals surface area (Å²) >= 11 is 0. The molecule has 0 bridgehead atoms. The van der Waals surface area contributed by atoms with Crippen LogP contribution < -0.4 is 5.32 Å². The Morgan fingerprint density at radius 3 is 2.48 bits per heavy atom. The zero-order valence-corrected chi connectivity index (χ0v) is 15.4. The van der Waals surface area contributed by atoms with Crippen LogP contribution in [-0.2, 0) is 10.2 Å². The van der Waals surface area contributed by atoms with Crippen LogP contribution in [0.25, 0.3) is 0 Å². The van der Waals surface area contributed by atoms with Gasteiger partial charge in [0.25, 0.3) is 0 Å². The van der Waals surface area contributed by atoms with Crippen molar-refractivity contribution < 1.29 is 4.79 Å². The standard InChI is InChI=1S/C21H31N3O/c1-23-14-9-19(10-15-23)24-13-5-8-18(16-24)22-20(25)21(11-12-21)17-6-3-2-4-7-17/h2-4,6-7,18-19H,5,8-16H2,1H3,(H,22,25). The lowest BCUT2D eigenvalue weighted by Gasteiger charge is -2.42. The second-order valence-corrected chi connectivity index (χ2v) is 8.29. The van der Waals surface area contributed by atoms with E-state index in [1.54, 1.807) is 0 Å². The fourth-order valence-corrected chi connectivity index (χ4v) is 4.67. The van der Waals surface area contributed by atoms with Gasteiger partial charge in [0.05, 0.1) is 5.41 Å². The molecule has 1 aliphatic carbocycles. The minimum atomic E-state index is -0.239. The summed E-state index contributed by atoms with van der Waals surface area (Å²) in [5.41, 5.74) is 0.951. The fourth-order valence-electron chi connectivity index (χ4n) is 4.67. The van der Waals surface area contributed by atoms with Crippen molar-refractivity contribution in [1.29, 1.82) is 0 Å². The number of benzene rings is 1. The van der Waals surface area contributed by atoms with E-state index in [0.717, 1.165) is 25.8 Å². The van der Waals surface area contributed by atoms with Crippen molar-refractivity contribution >= 4 is 5.91 Å². The van der Waals surface area contributed by atoms with E-state index in [1.165, 1.54) is 44.5 Å². The van der Waals surface area contributed by atoms with Crippen molar-refractivity contribution in [2.75, 3.05) is 33.2 Å². The molecule has 1 saturated carbocycles. The number of nitrogens with one attached hydrogen (secondary N) is 1. The fraction of sp³-hybridized carbons (Fsp3) is 0.667. The Kier molecular flexibility index (Phi) is 4.83. The second-order valence-electron chi connectivity index (χ2n) is 8.29.